The smallest absolute Gasteiger partial charge is 0.306 e. The highest BCUT2D eigenvalue weighted by Crippen LogP contribution is 2.16. The van der Waals surface area contributed by atoms with E-state index in [-0.39, 0.29) is 32.0 Å². The Labute approximate surface area is 262 Å². The predicted molar refractivity (Wildman–Crippen MR) is 174 cm³/mol. The number of unbranched alkanes of at least 4 members (excludes halogenated alkanes) is 15. The van der Waals surface area contributed by atoms with Crippen LogP contribution in [-0.2, 0) is 23.9 Å². The van der Waals surface area contributed by atoms with Crippen molar-refractivity contribution in [3.05, 3.63) is 12.2 Å². The quantitative estimate of drug-likeness (QED) is 0.0455. The molecule has 0 fully saturated rings. The summed E-state index contributed by atoms with van der Waals surface area (Å²) in [6, 6.07) is -0.767. The molecule has 0 radical (unpaired) electrons. The molecule has 0 spiro atoms. The van der Waals surface area contributed by atoms with E-state index in [9.17, 15) is 19.5 Å². The highest BCUT2D eigenvalue weighted by molar-refractivity contribution is 5.78. The Hall–Kier alpha value is -1.93. The molecule has 0 aromatic rings. The summed E-state index contributed by atoms with van der Waals surface area (Å²) in [5.74, 6) is -1.33. The maximum atomic E-state index is 12.6. The Morgan fingerprint density at radius 3 is 1.81 bits per heavy atom. The Morgan fingerprint density at radius 2 is 1.26 bits per heavy atom. The summed E-state index contributed by atoms with van der Waals surface area (Å²) in [6.07, 6.45) is 23.0. The minimum absolute atomic E-state index is 0.107. The number of amides is 1. The van der Waals surface area contributed by atoms with E-state index in [2.05, 4.69) is 19.2 Å². The maximum absolute atomic E-state index is 12.6. The van der Waals surface area contributed by atoms with E-state index in [0.29, 0.717) is 12.8 Å². The summed E-state index contributed by atoms with van der Waals surface area (Å²) >= 11 is 0. The molecule has 0 heterocycles. The first-order valence-electron chi connectivity index (χ1n) is 17.3. The molecule has 0 aliphatic heterocycles. The Bertz CT molecular complexity index is 738. The lowest BCUT2D eigenvalue weighted by molar-refractivity contribution is -0.160. The monoisotopic (exact) mass is 611 g/mol. The van der Waals surface area contributed by atoms with Gasteiger partial charge in [0.05, 0.1) is 25.0 Å². The average molecular weight is 612 g/mol. The molecule has 1 amide bonds. The Balaban J connectivity index is 4.59. The van der Waals surface area contributed by atoms with E-state index in [1.165, 1.54) is 57.8 Å². The van der Waals surface area contributed by atoms with E-state index >= 15 is 0 Å². The summed E-state index contributed by atoms with van der Waals surface area (Å²) in [6.45, 7) is 7.49. The molecule has 252 valence electrons. The second-order valence-electron chi connectivity index (χ2n) is 12.5. The predicted octanol–water partition coefficient (Wildman–Crippen LogP) is 7.48. The zero-order valence-corrected chi connectivity index (χ0v) is 28.0. The van der Waals surface area contributed by atoms with Crippen LogP contribution in [0.5, 0.6) is 0 Å². The standard InChI is InChI=1S/C35H65NO7/c1-5-7-9-11-12-13-14-15-16-17-18-20-21-23-31(38)30(36-32(39)24-22-19-10-8-6-2)29-42-33(40)25-26-34(41)43-35(3,4)27-28-37/h21,23,30-31,37-38H,5-20,22,24-29H2,1-4H3,(H,36,39)/b23-21+. The zero-order chi connectivity index (χ0) is 32.2. The first-order chi connectivity index (χ1) is 20.6. The van der Waals surface area contributed by atoms with Crippen LogP contribution in [0.4, 0.5) is 0 Å². The number of rotatable bonds is 29. The molecule has 0 aliphatic carbocycles. The highest BCUT2D eigenvalue weighted by Gasteiger charge is 2.24. The number of esters is 2. The molecule has 0 saturated heterocycles. The van der Waals surface area contributed by atoms with Gasteiger partial charge in [0, 0.05) is 19.4 Å². The summed E-state index contributed by atoms with van der Waals surface area (Å²) in [5, 5.41) is 22.7. The van der Waals surface area contributed by atoms with Gasteiger partial charge in [-0.25, -0.2) is 0 Å². The SMILES string of the molecule is CCCCCCCCCCCCC/C=C/C(O)C(COC(=O)CCC(=O)OC(C)(C)CCO)NC(=O)CCCCCCC. The largest absolute Gasteiger partial charge is 0.463 e. The van der Waals surface area contributed by atoms with E-state index in [1.807, 2.05) is 6.08 Å². The van der Waals surface area contributed by atoms with Crippen LogP contribution in [0.1, 0.15) is 163 Å². The first-order valence-corrected chi connectivity index (χ1v) is 17.3. The van der Waals surface area contributed by atoms with Gasteiger partial charge < -0.3 is 25.0 Å². The highest BCUT2D eigenvalue weighted by atomic mass is 16.6. The lowest BCUT2D eigenvalue weighted by Gasteiger charge is -2.24. The first kappa shape index (κ1) is 41.1. The Morgan fingerprint density at radius 1 is 0.744 bits per heavy atom. The third kappa shape index (κ3) is 26.2. The summed E-state index contributed by atoms with van der Waals surface area (Å²) in [7, 11) is 0. The third-order valence-electron chi connectivity index (χ3n) is 7.63. The molecular weight excluding hydrogens is 546 g/mol. The van der Waals surface area contributed by atoms with Crippen molar-refractivity contribution < 1.29 is 34.1 Å². The van der Waals surface area contributed by atoms with Gasteiger partial charge in [0.15, 0.2) is 0 Å². The molecule has 0 saturated carbocycles. The normalized spacial score (nSPS) is 13.2. The van der Waals surface area contributed by atoms with Crippen LogP contribution in [0.25, 0.3) is 0 Å². The zero-order valence-electron chi connectivity index (χ0n) is 28.0. The number of ether oxygens (including phenoxy) is 2. The summed E-state index contributed by atoms with van der Waals surface area (Å²) in [5.41, 5.74) is -0.814. The molecular formula is C35H65NO7. The van der Waals surface area contributed by atoms with Gasteiger partial charge in [-0.3, -0.25) is 14.4 Å². The van der Waals surface area contributed by atoms with Crippen LogP contribution in [0.3, 0.4) is 0 Å². The van der Waals surface area contributed by atoms with Gasteiger partial charge in [-0.2, -0.15) is 0 Å². The van der Waals surface area contributed by atoms with Crippen LogP contribution >= 0.6 is 0 Å². The second kappa shape index (κ2) is 27.6. The molecule has 0 aliphatic rings. The summed E-state index contributed by atoms with van der Waals surface area (Å²) < 4.78 is 10.6. The van der Waals surface area contributed by atoms with Crippen LogP contribution < -0.4 is 5.32 Å². The third-order valence-corrected chi connectivity index (χ3v) is 7.63. The fourth-order valence-corrected chi connectivity index (χ4v) is 4.83. The maximum Gasteiger partial charge on any atom is 0.306 e. The topological polar surface area (TPSA) is 122 Å². The van der Waals surface area contributed by atoms with Gasteiger partial charge in [-0.1, -0.05) is 116 Å². The molecule has 8 nitrogen and oxygen atoms in total. The minimum Gasteiger partial charge on any atom is -0.463 e. The van der Waals surface area contributed by atoms with Crippen LogP contribution in [-0.4, -0.2) is 59.0 Å². The fourth-order valence-electron chi connectivity index (χ4n) is 4.83. The second-order valence-corrected chi connectivity index (χ2v) is 12.5. The molecule has 0 bridgehead atoms. The van der Waals surface area contributed by atoms with E-state index in [4.69, 9.17) is 14.6 Å². The van der Waals surface area contributed by atoms with Crippen molar-refractivity contribution in [2.75, 3.05) is 13.2 Å². The number of carbonyl (C=O) groups is 3. The van der Waals surface area contributed by atoms with Gasteiger partial charge in [-0.05, 0) is 33.1 Å². The number of aliphatic hydroxyl groups is 2. The number of nitrogens with one attached hydrogen (secondary N) is 1. The van der Waals surface area contributed by atoms with Gasteiger partial charge in [0.25, 0.3) is 0 Å². The molecule has 2 atom stereocenters. The van der Waals surface area contributed by atoms with Crippen molar-refractivity contribution in [1.29, 1.82) is 0 Å². The summed E-state index contributed by atoms with van der Waals surface area (Å²) in [4.78, 5) is 37.0. The lowest BCUT2D eigenvalue weighted by Crippen LogP contribution is -2.46. The van der Waals surface area contributed by atoms with Gasteiger partial charge in [0.1, 0.15) is 12.2 Å². The Kier molecular flexibility index (Phi) is 26.4. The van der Waals surface area contributed by atoms with Crippen LogP contribution in [0, 0.1) is 0 Å². The van der Waals surface area contributed by atoms with Crippen molar-refractivity contribution in [2.24, 2.45) is 0 Å². The van der Waals surface area contributed by atoms with Gasteiger partial charge in [0.2, 0.25) is 5.91 Å². The molecule has 2 unspecified atom stereocenters. The van der Waals surface area contributed by atoms with Crippen molar-refractivity contribution in [3.8, 4) is 0 Å². The molecule has 0 aromatic carbocycles. The number of hydrogen-bond donors (Lipinski definition) is 3. The minimum atomic E-state index is -0.992. The number of carbonyl (C=O) groups excluding carboxylic acids is 3. The molecule has 3 N–H and O–H groups in total. The van der Waals surface area contributed by atoms with E-state index < -0.39 is 29.7 Å². The van der Waals surface area contributed by atoms with Crippen molar-refractivity contribution >= 4 is 17.8 Å². The molecule has 8 heteroatoms. The number of aliphatic hydroxyl groups excluding tert-OH is 2. The van der Waals surface area contributed by atoms with Gasteiger partial charge >= 0.3 is 11.9 Å². The fraction of sp³-hybridized carbons (Fsp3) is 0.857. The van der Waals surface area contributed by atoms with Crippen molar-refractivity contribution in [2.45, 2.75) is 180 Å². The number of hydrogen-bond acceptors (Lipinski definition) is 7. The van der Waals surface area contributed by atoms with Crippen LogP contribution in [0.15, 0.2) is 12.2 Å². The lowest BCUT2D eigenvalue weighted by atomic mass is 10.0. The molecule has 43 heavy (non-hydrogen) atoms. The van der Waals surface area contributed by atoms with Crippen molar-refractivity contribution in [1.82, 2.24) is 5.32 Å². The van der Waals surface area contributed by atoms with E-state index in [1.54, 1.807) is 19.9 Å². The van der Waals surface area contributed by atoms with E-state index in [0.717, 1.165) is 51.4 Å². The van der Waals surface area contributed by atoms with Crippen LogP contribution in [0.2, 0.25) is 0 Å². The van der Waals surface area contributed by atoms with Crippen molar-refractivity contribution in [3.63, 3.8) is 0 Å². The van der Waals surface area contributed by atoms with Gasteiger partial charge in [-0.15, -0.1) is 0 Å². The number of allylic oxidation sites excluding steroid dienone is 1. The molecule has 0 rings (SSSR count). The molecule has 0 aromatic heterocycles. The average Bonchev–Trinajstić information content (AvgIpc) is 2.96.